The molecule has 0 saturated carbocycles. The SMILES string of the molecule is O=C(CC1CCOCC1)NCC(Cc1cccc2ccccc12)C(=O)O. The molecule has 1 atom stereocenters. The van der Waals surface area contributed by atoms with Crippen LogP contribution in [0, 0.1) is 11.8 Å². The first-order valence-corrected chi connectivity index (χ1v) is 9.17. The largest absolute Gasteiger partial charge is 0.481 e. The highest BCUT2D eigenvalue weighted by Crippen LogP contribution is 2.22. The van der Waals surface area contributed by atoms with Crippen LogP contribution in [0.2, 0.25) is 0 Å². The molecule has 2 aromatic rings. The van der Waals surface area contributed by atoms with Crippen molar-refractivity contribution >= 4 is 22.6 Å². The van der Waals surface area contributed by atoms with Gasteiger partial charge in [0.1, 0.15) is 0 Å². The topological polar surface area (TPSA) is 75.6 Å². The van der Waals surface area contributed by atoms with Crippen molar-refractivity contribution in [2.75, 3.05) is 19.8 Å². The summed E-state index contributed by atoms with van der Waals surface area (Å²) in [4.78, 5) is 23.8. The highest BCUT2D eigenvalue weighted by atomic mass is 16.5. The van der Waals surface area contributed by atoms with E-state index in [1.54, 1.807) is 0 Å². The van der Waals surface area contributed by atoms with Gasteiger partial charge in [0, 0.05) is 26.2 Å². The minimum Gasteiger partial charge on any atom is -0.481 e. The number of carboxylic acid groups (broad SMARTS) is 1. The summed E-state index contributed by atoms with van der Waals surface area (Å²) in [6.07, 6.45) is 2.63. The Morgan fingerprint density at radius 2 is 1.85 bits per heavy atom. The van der Waals surface area contributed by atoms with Gasteiger partial charge in [-0.05, 0) is 41.5 Å². The fraction of sp³-hybridized carbons (Fsp3) is 0.429. The lowest BCUT2D eigenvalue weighted by Gasteiger charge is -2.22. The van der Waals surface area contributed by atoms with E-state index in [1.807, 2.05) is 42.5 Å². The van der Waals surface area contributed by atoms with E-state index in [-0.39, 0.29) is 12.5 Å². The number of ether oxygens (including phenoxy) is 1. The second kappa shape index (κ2) is 8.81. The molecule has 138 valence electrons. The van der Waals surface area contributed by atoms with Crippen LogP contribution < -0.4 is 5.32 Å². The first-order chi connectivity index (χ1) is 12.6. The van der Waals surface area contributed by atoms with Gasteiger partial charge in [-0.25, -0.2) is 0 Å². The molecule has 0 aliphatic carbocycles. The highest BCUT2D eigenvalue weighted by Gasteiger charge is 2.22. The molecule has 3 rings (SSSR count). The van der Waals surface area contributed by atoms with Crippen molar-refractivity contribution in [2.24, 2.45) is 11.8 Å². The molecule has 1 aliphatic rings. The zero-order valence-corrected chi connectivity index (χ0v) is 14.8. The Balaban J connectivity index is 1.60. The highest BCUT2D eigenvalue weighted by molar-refractivity contribution is 5.86. The maximum atomic E-state index is 12.2. The van der Waals surface area contributed by atoms with E-state index in [0.717, 1.165) is 29.2 Å². The van der Waals surface area contributed by atoms with Gasteiger partial charge in [0.05, 0.1) is 5.92 Å². The number of carboxylic acids is 1. The Kier molecular flexibility index (Phi) is 6.23. The van der Waals surface area contributed by atoms with Crippen LogP contribution in [0.3, 0.4) is 0 Å². The molecule has 1 amide bonds. The van der Waals surface area contributed by atoms with Crippen LogP contribution in [0.5, 0.6) is 0 Å². The number of fused-ring (bicyclic) bond motifs is 1. The molecule has 1 fully saturated rings. The Labute approximate surface area is 153 Å². The standard InChI is InChI=1S/C21H25NO4/c23-20(12-15-8-10-26-11-9-15)22-14-18(21(24)25)13-17-6-3-5-16-4-1-2-7-19(16)17/h1-7,15,18H,8-14H2,(H,22,23)(H,24,25). The number of rotatable bonds is 7. The van der Waals surface area contributed by atoms with Crippen molar-refractivity contribution in [3.8, 4) is 0 Å². The van der Waals surface area contributed by atoms with Crippen molar-refractivity contribution < 1.29 is 19.4 Å². The van der Waals surface area contributed by atoms with Crippen molar-refractivity contribution in [1.29, 1.82) is 0 Å². The van der Waals surface area contributed by atoms with Gasteiger partial charge in [0.2, 0.25) is 5.91 Å². The summed E-state index contributed by atoms with van der Waals surface area (Å²) >= 11 is 0. The Bertz CT molecular complexity index is 762. The molecule has 1 heterocycles. The van der Waals surface area contributed by atoms with Gasteiger partial charge >= 0.3 is 5.97 Å². The van der Waals surface area contributed by atoms with Crippen LogP contribution in [-0.4, -0.2) is 36.7 Å². The molecule has 0 radical (unpaired) electrons. The predicted octanol–water partition coefficient (Wildman–Crippen LogP) is 3.02. The van der Waals surface area contributed by atoms with Gasteiger partial charge in [-0.2, -0.15) is 0 Å². The summed E-state index contributed by atoms with van der Waals surface area (Å²) in [5, 5.41) is 14.6. The third-order valence-corrected chi connectivity index (χ3v) is 5.06. The average Bonchev–Trinajstić information content (AvgIpc) is 2.65. The minimum absolute atomic E-state index is 0.0685. The number of aliphatic carboxylic acids is 1. The van der Waals surface area contributed by atoms with Crippen LogP contribution >= 0.6 is 0 Å². The van der Waals surface area contributed by atoms with E-state index in [4.69, 9.17) is 4.74 Å². The lowest BCUT2D eigenvalue weighted by molar-refractivity contribution is -0.141. The van der Waals surface area contributed by atoms with Gasteiger partial charge in [0.15, 0.2) is 0 Å². The Morgan fingerprint density at radius 1 is 1.12 bits per heavy atom. The number of nitrogens with one attached hydrogen (secondary N) is 1. The van der Waals surface area contributed by atoms with Gasteiger partial charge in [-0.15, -0.1) is 0 Å². The smallest absolute Gasteiger partial charge is 0.308 e. The maximum Gasteiger partial charge on any atom is 0.308 e. The van der Waals surface area contributed by atoms with Gasteiger partial charge in [0.25, 0.3) is 0 Å². The van der Waals surface area contributed by atoms with Crippen molar-refractivity contribution in [2.45, 2.75) is 25.7 Å². The van der Waals surface area contributed by atoms with Crippen molar-refractivity contribution in [3.05, 3.63) is 48.0 Å². The van der Waals surface area contributed by atoms with E-state index in [1.165, 1.54) is 0 Å². The number of benzene rings is 2. The third-order valence-electron chi connectivity index (χ3n) is 5.06. The van der Waals surface area contributed by atoms with Crippen LogP contribution in [0.15, 0.2) is 42.5 Å². The number of hydrogen-bond acceptors (Lipinski definition) is 3. The third kappa shape index (κ3) is 4.82. The van der Waals surface area contributed by atoms with Gasteiger partial charge in [-0.1, -0.05) is 42.5 Å². The zero-order valence-electron chi connectivity index (χ0n) is 14.8. The first-order valence-electron chi connectivity index (χ1n) is 9.17. The van der Waals surface area contributed by atoms with Gasteiger partial charge in [-0.3, -0.25) is 9.59 Å². The fourth-order valence-electron chi connectivity index (χ4n) is 3.50. The summed E-state index contributed by atoms with van der Waals surface area (Å²) in [5.74, 6) is -1.25. The number of hydrogen-bond donors (Lipinski definition) is 2. The van der Waals surface area contributed by atoms with Crippen LogP contribution in [0.25, 0.3) is 10.8 Å². The fourth-order valence-corrected chi connectivity index (χ4v) is 3.50. The Hall–Kier alpha value is -2.40. The summed E-state index contributed by atoms with van der Waals surface area (Å²) in [6.45, 7) is 1.56. The normalized spacial score (nSPS) is 16.3. The van der Waals surface area contributed by atoms with Crippen molar-refractivity contribution in [3.63, 3.8) is 0 Å². The second-order valence-electron chi connectivity index (χ2n) is 6.94. The van der Waals surface area contributed by atoms with Gasteiger partial charge < -0.3 is 15.2 Å². The zero-order chi connectivity index (χ0) is 18.4. The quantitative estimate of drug-likeness (QED) is 0.800. The summed E-state index contributed by atoms with van der Waals surface area (Å²) in [6, 6.07) is 13.9. The molecule has 2 N–H and O–H groups in total. The molecule has 5 heteroatoms. The number of carbonyl (C=O) groups excluding carboxylic acids is 1. The number of amides is 1. The Morgan fingerprint density at radius 3 is 2.62 bits per heavy atom. The molecule has 5 nitrogen and oxygen atoms in total. The molecule has 1 aliphatic heterocycles. The van der Waals surface area contributed by atoms with E-state index < -0.39 is 11.9 Å². The summed E-state index contributed by atoms with van der Waals surface area (Å²) in [7, 11) is 0. The molecule has 0 aromatic heterocycles. The van der Waals surface area contributed by atoms with Crippen LogP contribution in [-0.2, 0) is 20.7 Å². The number of carbonyl (C=O) groups is 2. The van der Waals surface area contributed by atoms with E-state index in [2.05, 4.69) is 5.32 Å². The molecule has 1 unspecified atom stereocenters. The summed E-state index contributed by atoms with van der Waals surface area (Å²) < 4.78 is 5.30. The maximum absolute atomic E-state index is 12.2. The lowest BCUT2D eigenvalue weighted by atomic mass is 9.94. The molecular weight excluding hydrogens is 330 g/mol. The van der Waals surface area contributed by atoms with E-state index >= 15 is 0 Å². The summed E-state index contributed by atoms with van der Waals surface area (Å²) in [5.41, 5.74) is 0.995. The minimum atomic E-state index is -0.885. The molecule has 26 heavy (non-hydrogen) atoms. The average molecular weight is 355 g/mol. The van der Waals surface area contributed by atoms with E-state index in [9.17, 15) is 14.7 Å². The van der Waals surface area contributed by atoms with Crippen LogP contribution in [0.4, 0.5) is 0 Å². The molecule has 0 bridgehead atoms. The molecular formula is C21H25NO4. The predicted molar refractivity (Wildman–Crippen MR) is 99.9 cm³/mol. The second-order valence-corrected chi connectivity index (χ2v) is 6.94. The monoisotopic (exact) mass is 355 g/mol. The lowest BCUT2D eigenvalue weighted by Crippen LogP contribution is -2.35. The molecule has 2 aromatic carbocycles. The van der Waals surface area contributed by atoms with Crippen LogP contribution in [0.1, 0.15) is 24.8 Å². The van der Waals surface area contributed by atoms with Crippen molar-refractivity contribution in [1.82, 2.24) is 5.32 Å². The van der Waals surface area contributed by atoms with E-state index in [0.29, 0.717) is 32.0 Å². The molecule has 1 saturated heterocycles. The molecule has 0 spiro atoms. The first kappa shape index (κ1) is 18.4.